The monoisotopic (exact) mass is 283 g/mol. The van der Waals surface area contributed by atoms with Gasteiger partial charge in [0, 0.05) is 44.1 Å². The van der Waals surface area contributed by atoms with Gasteiger partial charge >= 0.3 is 0 Å². The molecule has 20 heavy (non-hydrogen) atoms. The Kier molecular flexibility index (Phi) is 2.88. The molecule has 1 aromatic rings. The van der Waals surface area contributed by atoms with Gasteiger partial charge in [0.15, 0.2) is 0 Å². The van der Waals surface area contributed by atoms with Gasteiger partial charge < -0.3 is 4.90 Å². The Morgan fingerprint density at radius 2 is 2.05 bits per heavy atom. The minimum atomic E-state index is -2.52. The minimum absolute atomic E-state index is 0.0730. The van der Waals surface area contributed by atoms with Crippen molar-refractivity contribution in [1.29, 1.82) is 0 Å². The maximum atomic E-state index is 12.9. The SMILES string of the molecule is CC(C)Cn1cc(C(=O)N2CC3(C2)CC(F)(F)C3)cn1. The lowest BCUT2D eigenvalue weighted by Crippen LogP contribution is -2.66. The van der Waals surface area contributed by atoms with Crippen molar-refractivity contribution in [3.8, 4) is 0 Å². The number of rotatable bonds is 3. The Hall–Kier alpha value is -1.46. The maximum absolute atomic E-state index is 12.9. The van der Waals surface area contributed by atoms with Crippen molar-refractivity contribution in [2.75, 3.05) is 13.1 Å². The molecule has 2 heterocycles. The van der Waals surface area contributed by atoms with Crippen molar-refractivity contribution in [1.82, 2.24) is 14.7 Å². The van der Waals surface area contributed by atoms with Gasteiger partial charge in [-0.3, -0.25) is 9.48 Å². The second kappa shape index (κ2) is 4.27. The van der Waals surface area contributed by atoms with E-state index in [4.69, 9.17) is 0 Å². The van der Waals surface area contributed by atoms with Crippen molar-refractivity contribution < 1.29 is 13.6 Å². The summed E-state index contributed by atoms with van der Waals surface area (Å²) in [6.45, 7) is 5.84. The van der Waals surface area contributed by atoms with Crippen LogP contribution < -0.4 is 0 Å². The van der Waals surface area contributed by atoms with Gasteiger partial charge in [-0.15, -0.1) is 0 Å². The number of likely N-dealkylation sites (tertiary alicyclic amines) is 1. The van der Waals surface area contributed by atoms with E-state index in [1.165, 1.54) is 0 Å². The molecular weight excluding hydrogens is 264 g/mol. The predicted octanol–water partition coefficient (Wildman–Crippen LogP) is 2.41. The molecule has 3 rings (SSSR count). The van der Waals surface area contributed by atoms with E-state index in [-0.39, 0.29) is 24.2 Å². The molecule has 1 aliphatic carbocycles. The van der Waals surface area contributed by atoms with Gasteiger partial charge in [0.2, 0.25) is 5.92 Å². The normalized spacial score (nSPS) is 22.8. The fourth-order valence-corrected chi connectivity index (χ4v) is 3.31. The summed E-state index contributed by atoms with van der Waals surface area (Å²) in [4.78, 5) is 13.8. The number of carbonyl (C=O) groups is 1. The van der Waals surface area contributed by atoms with Crippen molar-refractivity contribution in [2.45, 2.75) is 39.2 Å². The first-order valence-electron chi connectivity index (χ1n) is 6.98. The molecular formula is C14H19F2N3O. The zero-order valence-corrected chi connectivity index (χ0v) is 11.8. The highest BCUT2D eigenvalue weighted by atomic mass is 19.3. The molecule has 1 spiro atoms. The Morgan fingerprint density at radius 3 is 2.60 bits per heavy atom. The van der Waals surface area contributed by atoms with E-state index in [1.807, 2.05) is 0 Å². The van der Waals surface area contributed by atoms with Crippen LogP contribution in [0.4, 0.5) is 8.78 Å². The number of hydrogen-bond donors (Lipinski definition) is 0. The third-order valence-electron chi connectivity index (χ3n) is 4.04. The molecule has 2 aliphatic rings. The first-order chi connectivity index (χ1) is 9.29. The third-order valence-corrected chi connectivity index (χ3v) is 4.04. The van der Waals surface area contributed by atoms with Crippen LogP contribution in [0.25, 0.3) is 0 Å². The molecule has 1 amide bonds. The number of carbonyl (C=O) groups excluding carboxylic acids is 1. The van der Waals surface area contributed by atoms with Gasteiger partial charge in [-0.25, -0.2) is 8.78 Å². The Balaban J connectivity index is 1.57. The van der Waals surface area contributed by atoms with Gasteiger partial charge in [0.25, 0.3) is 5.91 Å². The lowest BCUT2D eigenvalue weighted by Gasteiger charge is -2.58. The highest BCUT2D eigenvalue weighted by Gasteiger charge is 2.62. The summed E-state index contributed by atoms with van der Waals surface area (Å²) >= 11 is 0. The van der Waals surface area contributed by atoms with Gasteiger partial charge in [-0.2, -0.15) is 5.10 Å². The number of amides is 1. The van der Waals surface area contributed by atoms with E-state index in [1.54, 1.807) is 22.0 Å². The number of aromatic nitrogens is 2. The molecule has 0 bridgehead atoms. The quantitative estimate of drug-likeness (QED) is 0.854. The standard InChI is InChI=1S/C14H19F2N3O/c1-10(2)4-19-5-11(3-17-19)12(20)18-8-13(9-18)6-14(15,16)7-13/h3,5,10H,4,6-9H2,1-2H3. The smallest absolute Gasteiger partial charge is 0.257 e. The highest BCUT2D eigenvalue weighted by molar-refractivity contribution is 5.94. The van der Waals surface area contributed by atoms with Gasteiger partial charge in [0.1, 0.15) is 0 Å². The molecule has 6 heteroatoms. The molecule has 2 fully saturated rings. The van der Waals surface area contributed by atoms with Crippen LogP contribution in [0.5, 0.6) is 0 Å². The average molecular weight is 283 g/mol. The molecule has 1 saturated heterocycles. The molecule has 1 aliphatic heterocycles. The summed E-state index contributed by atoms with van der Waals surface area (Å²) in [7, 11) is 0. The van der Waals surface area contributed by atoms with Crippen molar-refractivity contribution in [3.05, 3.63) is 18.0 Å². The van der Waals surface area contributed by atoms with E-state index in [9.17, 15) is 13.6 Å². The molecule has 0 radical (unpaired) electrons. The summed E-state index contributed by atoms with van der Waals surface area (Å²) in [5.41, 5.74) is 0.235. The predicted molar refractivity (Wildman–Crippen MR) is 69.6 cm³/mol. The largest absolute Gasteiger partial charge is 0.337 e. The minimum Gasteiger partial charge on any atom is -0.337 e. The van der Waals surface area contributed by atoms with E-state index in [0.717, 1.165) is 6.54 Å². The van der Waals surface area contributed by atoms with Crippen molar-refractivity contribution in [3.63, 3.8) is 0 Å². The molecule has 1 saturated carbocycles. The molecule has 4 nitrogen and oxygen atoms in total. The first-order valence-corrected chi connectivity index (χ1v) is 6.98. The van der Waals surface area contributed by atoms with Crippen LogP contribution in [0, 0.1) is 11.3 Å². The van der Waals surface area contributed by atoms with Crippen molar-refractivity contribution >= 4 is 5.91 Å². The highest BCUT2D eigenvalue weighted by Crippen LogP contribution is 2.56. The van der Waals surface area contributed by atoms with E-state index in [0.29, 0.717) is 24.6 Å². The molecule has 0 atom stereocenters. The Bertz CT molecular complexity index is 522. The fraction of sp³-hybridized carbons (Fsp3) is 0.714. The van der Waals surface area contributed by atoms with E-state index in [2.05, 4.69) is 18.9 Å². The zero-order chi connectivity index (χ0) is 14.5. The summed E-state index contributed by atoms with van der Waals surface area (Å²) in [5, 5.41) is 4.16. The average Bonchev–Trinajstić information content (AvgIpc) is 2.68. The fourth-order valence-electron chi connectivity index (χ4n) is 3.31. The molecule has 0 unspecified atom stereocenters. The second-order valence-electron chi connectivity index (χ2n) is 6.72. The van der Waals surface area contributed by atoms with Crippen LogP contribution in [0.2, 0.25) is 0 Å². The lowest BCUT2D eigenvalue weighted by atomic mass is 9.61. The zero-order valence-electron chi connectivity index (χ0n) is 11.8. The van der Waals surface area contributed by atoms with Gasteiger partial charge in [-0.1, -0.05) is 13.8 Å². The number of halogens is 2. The topological polar surface area (TPSA) is 38.1 Å². The Morgan fingerprint density at radius 1 is 1.40 bits per heavy atom. The Labute approximate surface area is 116 Å². The summed E-state index contributed by atoms with van der Waals surface area (Å²) in [6.07, 6.45) is 3.15. The first kappa shape index (κ1) is 13.5. The molecule has 110 valence electrons. The maximum Gasteiger partial charge on any atom is 0.257 e. The van der Waals surface area contributed by atoms with Gasteiger partial charge in [0.05, 0.1) is 11.8 Å². The van der Waals surface area contributed by atoms with E-state index >= 15 is 0 Å². The van der Waals surface area contributed by atoms with Crippen LogP contribution >= 0.6 is 0 Å². The molecule has 0 aromatic carbocycles. The van der Waals surface area contributed by atoms with E-state index < -0.39 is 5.92 Å². The van der Waals surface area contributed by atoms with Crippen LogP contribution in [-0.2, 0) is 6.54 Å². The van der Waals surface area contributed by atoms with Crippen LogP contribution in [0.1, 0.15) is 37.0 Å². The molecule has 0 N–H and O–H groups in total. The summed E-state index contributed by atoms with van der Waals surface area (Å²) in [6, 6.07) is 0. The number of nitrogens with zero attached hydrogens (tertiary/aromatic N) is 3. The summed E-state index contributed by atoms with van der Waals surface area (Å²) in [5.74, 6) is -2.15. The number of hydrogen-bond acceptors (Lipinski definition) is 2. The van der Waals surface area contributed by atoms with Crippen molar-refractivity contribution in [2.24, 2.45) is 11.3 Å². The van der Waals surface area contributed by atoms with Gasteiger partial charge in [-0.05, 0) is 5.92 Å². The van der Waals surface area contributed by atoms with Crippen LogP contribution in [0.15, 0.2) is 12.4 Å². The third kappa shape index (κ3) is 2.31. The van der Waals surface area contributed by atoms with Crippen LogP contribution in [-0.4, -0.2) is 39.6 Å². The van der Waals surface area contributed by atoms with Crippen LogP contribution in [0.3, 0.4) is 0 Å². The second-order valence-corrected chi connectivity index (χ2v) is 6.72. The number of alkyl halides is 2. The summed E-state index contributed by atoms with van der Waals surface area (Å²) < 4.78 is 27.6. The lowest BCUT2D eigenvalue weighted by molar-refractivity contribution is -0.203. The molecule has 1 aromatic heterocycles.